The lowest BCUT2D eigenvalue weighted by atomic mass is 9.92. The van der Waals surface area contributed by atoms with E-state index in [1.165, 1.54) is 25.8 Å². The summed E-state index contributed by atoms with van der Waals surface area (Å²) in [5.41, 5.74) is 1.61. The van der Waals surface area contributed by atoms with Gasteiger partial charge in [0.25, 0.3) is 0 Å². The van der Waals surface area contributed by atoms with Crippen LogP contribution in [0.25, 0.3) is 0 Å². The van der Waals surface area contributed by atoms with Gasteiger partial charge in [-0.3, -0.25) is 0 Å². The van der Waals surface area contributed by atoms with Gasteiger partial charge in [0.2, 0.25) is 0 Å². The van der Waals surface area contributed by atoms with Gasteiger partial charge in [-0.2, -0.15) is 0 Å². The van der Waals surface area contributed by atoms with Gasteiger partial charge in [-0.15, -0.1) is 0 Å². The van der Waals surface area contributed by atoms with Gasteiger partial charge >= 0.3 is 0 Å². The van der Waals surface area contributed by atoms with E-state index in [9.17, 15) is 0 Å². The van der Waals surface area contributed by atoms with Crippen LogP contribution in [0.2, 0.25) is 0 Å². The van der Waals surface area contributed by atoms with E-state index in [-0.39, 0.29) is 0 Å². The van der Waals surface area contributed by atoms with E-state index in [1.807, 2.05) is 0 Å². The van der Waals surface area contributed by atoms with Crippen molar-refractivity contribution >= 4 is 0 Å². The molecule has 0 spiro atoms. The van der Waals surface area contributed by atoms with Gasteiger partial charge in [0.05, 0.1) is 0 Å². The zero-order chi connectivity index (χ0) is 6.81. The van der Waals surface area contributed by atoms with E-state index in [4.69, 9.17) is 0 Å². The third-order valence-electron chi connectivity index (χ3n) is 2.32. The number of nitrogens with one attached hydrogen (secondary N) is 1. The van der Waals surface area contributed by atoms with Crippen molar-refractivity contribution in [2.75, 3.05) is 6.54 Å². The molecule has 1 aliphatic carbocycles. The maximum absolute atomic E-state index is 3.41. The minimum absolute atomic E-state index is 0.727. The molecule has 2 aliphatic rings. The van der Waals surface area contributed by atoms with Gasteiger partial charge in [0.1, 0.15) is 0 Å². The molecule has 54 valence electrons. The van der Waals surface area contributed by atoms with Gasteiger partial charge in [-0.05, 0) is 25.8 Å². The summed E-state index contributed by atoms with van der Waals surface area (Å²) < 4.78 is 0. The fourth-order valence-corrected chi connectivity index (χ4v) is 1.52. The Morgan fingerprint density at radius 2 is 2.40 bits per heavy atom. The van der Waals surface area contributed by atoms with E-state index in [0.29, 0.717) is 0 Å². The lowest BCUT2D eigenvalue weighted by molar-refractivity contribution is 0.409. The molecule has 1 heteroatoms. The van der Waals surface area contributed by atoms with E-state index < -0.39 is 0 Å². The average molecular weight is 135 g/mol. The smallest absolute Gasteiger partial charge is 0.0294 e. The minimum Gasteiger partial charge on any atom is -0.310 e. The van der Waals surface area contributed by atoms with Crippen LogP contribution in [0.3, 0.4) is 0 Å². The second kappa shape index (κ2) is 2.59. The highest BCUT2D eigenvalue weighted by molar-refractivity contribution is 5.23. The van der Waals surface area contributed by atoms with E-state index in [1.54, 1.807) is 5.57 Å². The Morgan fingerprint density at radius 3 is 2.90 bits per heavy atom. The summed E-state index contributed by atoms with van der Waals surface area (Å²) in [7, 11) is 0. The Hall–Kier alpha value is -0.560. The first-order chi connectivity index (χ1) is 4.97. The number of hydrogen-bond acceptors (Lipinski definition) is 1. The topological polar surface area (TPSA) is 12.0 Å². The van der Waals surface area contributed by atoms with Crippen molar-refractivity contribution in [1.29, 1.82) is 0 Å². The van der Waals surface area contributed by atoms with E-state index >= 15 is 0 Å². The van der Waals surface area contributed by atoms with Crippen LogP contribution in [0.15, 0.2) is 23.8 Å². The van der Waals surface area contributed by atoms with Crippen molar-refractivity contribution in [1.82, 2.24) is 5.32 Å². The zero-order valence-corrected chi connectivity index (χ0v) is 6.14. The molecule has 1 N–H and O–H groups in total. The van der Waals surface area contributed by atoms with Crippen LogP contribution in [0.4, 0.5) is 0 Å². The molecule has 2 rings (SSSR count). The summed E-state index contributed by atoms with van der Waals surface area (Å²) in [6.45, 7) is 1.21. The predicted molar refractivity (Wildman–Crippen MR) is 42.9 cm³/mol. The molecule has 0 saturated carbocycles. The highest BCUT2D eigenvalue weighted by atomic mass is 15.0. The summed E-state index contributed by atoms with van der Waals surface area (Å²) >= 11 is 0. The van der Waals surface area contributed by atoms with E-state index in [2.05, 4.69) is 23.5 Å². The van der Waals surface area contributed by atoms with Gasteiger partial charge in [0.15, 0.2) is 0 Å². The quantitative estimate of drug-likeness (QED) is 0.576. The Labute approximate surface area is 61.8 Å². The molecular weight excluding hydrogens is 122 g/mol. The van der Waals surface area contributed by atoms with Crippen molar-refractivity contribution in [3.63, 3.8) is 0 Å². The largest absolute Gasteiger partial charge is 0.310 e. The van der Waals surface area contributed by atoms with Crippen molar-refractivity contribution in [3.8, 4) is 0 Å². The fourth-order valence-electron chi connectivity index (χ4n) is 1.52. The number of rotatable bonds is 1. The molecule has 1 atom stereocenters. The molecule has 0 aromatic carbocycles. The van der Waals surface area contributed by atoms with Gasteiger partial charge in [-0.25, -0.2) is 0 Å². The standard InChI is InChI=1S/C9H13N/c1-2-4-8(5-3-1)9-6-7-10-9/h1-2,4,9-10H,3,5-7H2. The molecule has 0 aromatic heterocycles. The molecular formula is C9H13N. The lowest BCUT2D eigenvalue weighted by Crippen LogP contribution is -2.44. The number of allylic oxidation sites excluding steroid dienone is 3. The summed E-state index contributed by atoms with van der Waals surface area (Å²) in [6.07, 6.45) is 10.5. The Kier molecular flexibility index (Phi) is 1.60. The summed E-state index contributed by atoms with van der Waals surface area (Å²) in [5.74, 6) is 0. The van der Waals surface area contributed by atoms with Gasteiger partial charge < -0.3 is 5.32 Å². The summed E-state index contributed by atoms with van der Waals surface area (Å²) in [6, 6.07) is 0.727. The van der Waals surface area contributed by atoms with Crippen LogP contribution in [0.5, 0.6) is 0 Å². The molecule has 0 bridgehead atoms. The van der Waals surface area contributed by atoms with Crippen molar-refractivity contribution in [2.24, 2.45) is 0 Å². The molecule has 0 amide bonds. The van der Waals surface area contributed by atoms with Crippen LogP contribution in [0.1, 0.15) is 19.3 Å². The van der Waals surface area contributed by atoms with Gasteiger partial charge in [0, 0.05) is 6.04 Å². The second-order valence-corrected chi connectivity index (χ2v) is 3.00. The molecule has 0 radical (unpaired) electrons. The molecule has 1 saturated heterocycles. The summed E-state index contributed by atoms with van der Waals surface area (Å²) in [4.78, 5) is 0. The third kappa shape index (κ3) is 1.01. The SMILES string of the molecule is C1=CCCC(C2CCN2)=C1. The highest BCUT2D eigenvalue weighted by Crippen LogP contribution is 2.20. The molecule has 1 nitrogen and oxygen atoms in total. The zero-order valence-electron chi connectivity index (χ0n) is 6.14. The Morgan fingerprint density at radius 1 is 1.50 bits per heavy atom. The van der Waals surface area contributed by atoms with Crippen molar-refractivity contribution < 1.29 is 0 Å². The van der Waals surface area contributed by atoms with Gasteiger partial charge in [-0.1, -0.05) is 23.8 Å². The molecule has 0 aromatic rings. The van der Waals surface area contributed by atoms with Crippen LogP contribution in [0, 0.1) is 0 Å². The van der Waals surface area contributed by atoms with Crippen LogP contribution in [-0.2, 0) is 0 Å². The second-order valence-electron chi connectivity index (χ2n) is 3.00. The first-order valence-corrected chi connectivity index (χ1v) is 4.06. The molecule has 1 unspecified atom stereocenters. The lowest BCUT2D eigenvalue weighted by Gasteiger charge is -2.30. The van der Waals surface area contributed by atoms with Crippen molar-refractivity contribution in [3.05, 3.63) is 23.8 Å². The third-order valence-corrected chi connectivity index (χ3v) is 2.32. The molecule has 10 heavy (non-hydrogen) atoms. The fraction of sp³-hybridized carbons (Fsp3) is 0.556. The van der Waals surface area contributed by atoms with Crippen LogP contribution in [-0.4, -0.2) is 12.6 Å². The normalized spacial score (nSPS) is 31.2. The monoisotopic (exact) mass is 135 g/mol. The predicted octanol–water partition coefficient (Wildman–Crippen LogP) is 1.62. The van der Waals surface area contributed by atoms with Crippen LogP contribution >= 0.6 is 0 Å². The first-order valence-electron chi connectivity index (χ1n) is 4.06. The Bertz CT molecular complexity index is 175. The van der Waals surface area contributed by atoms with Crippen LogP contribution < -0.4 is 5.32 Å². The maximum atomic E-state index is 3.41. The van der Waals surface area contributed by atoms with Crippen molar-refractivity contribution in [2.45, 2.75) is 25.3 Å². The maximum Gasteiger partial charge on any atom is 0.0294 e. The average Bonchev–Trinajstić information content (AvgIpc) is 1.86. The summed E-state index contributed by atoms with van der Waals surface area (Å²) in [5, 5.41) is 3.41. The molecule has 1 heterocycles. The highest BCUT2D eigenvalue weighted by Gasteiger charge is 2.20. The minimum atomic E-state index is 0.727. The number of hydrogen-bond donors (Lipinski definition) is 1. The van der Waals surface area contributed by atoms with E-state index in [0.717, 1.165) is 6.04 Å². The first kappa shape index (κ1) is 6.17. The molecule has 1 fully saturated rings. The Balaban J connectivity index is 2.01. The molecule has 1 aliphatic heterocycles.